The van der Waals surface area contributed by atoms with Gasteiger partial charge in [-0.3, -0.25) is 4.79 Å². The van der Waals surface area contributed by atoms with Crippen LogP contribution in [0.4, 0.5) is 5.69 Å². The summed E-state index contributed by atoms with van der Waals surface area (Å²) < 4.78 is 24.1. The van der Waals surface area contributed by atoms with Gasteiger partial charge in [0, 0.05) is 11.3 Å². The number of hydrogen-bond acceptors (Lipinski definition) is 4. The van der Waals surface area contributed by atoms with Gasteiger partial charge in [0.15, 0.2) is 15.6 Å². The van der Waals surface area contributed by atoms with Crippen LogP contribution in [0.5, 0.6) is 0 Å². The molecule has 1 N–H and O–H groups in total. The first-order chi connectivity index (χ1) is 11.4. The topological polar surface area (TPSA) is 63.2 Å². The number of ketones is 1. The fourth-order valence-corrected chi connectivity index (χ4v) is 3.29. The van der Waals surface area contributed by atoms with Gasteiger partial charge in [0.25, 0.3) is 0 Å². The van der Waals surface area contributed by atoms with Gasteiger partial charge in [0.1, 0.15) is 5.75 Å². The first-order valence-electron chi connectivity index (χ1n) is 7.65. The quantitative estimate of drug-likeness (QED) is 0.781. The van der Waals surface area contributed by atoms with Gasteiger partial charge in [-0.25, -0.2) is 8.42 Å². The first-order valence-corrected chi connectivity index (χ1v) is 9.47. The Bertz CT molecular complexity index is 840. The number of benzene rings is 2. The molecule has 2 aromatic carbocycles. The lowest BCUT2D eigenvalue weighted by molar-refractivity contribution is 0.102. The van der Waals surface area contributed by atoms with Gasteiger partial charge in [-0.2, -0.15) is 0 Å². The maximum atomic E-state index is 12.0. The fraction of sp³-hybridized carbons (Fsp3) is 0.211. The molecule has 2 rings (SSSR count). The summed E-state index contributed by atoms with van der Waals surface area (Å²) in [5.41, 5.74) is 3.63. The van der Waals surface area contributed by atoms with E-state index in [2.05, 4.69) is 5.32 Å². The molecule has 0 aliphatic carbocycles. The van der Waals surface area contributed by atoms with Gasteiger partial charge in [0.05, 0.1) is 5.75 Å². The van der Waals surface area contributed by atoms with Gasteiger partial charge in [-0.15, -0.1) is 0 Å². The largest absolute Gasteiger partial charge is 0.362 e. The van der Waals surface area contributed by atoms with Crippen molar-refractivity contribution in [2.24, 2.45) is 0 Å². The average molecular weight is 343 g/mol. The Morgan fingerprint density at radius 2 is 1.75 bits per heavy atom. The molecule has 0 fully saturated rings. The molecule has 5 heteroatoms. The minimum atomic E-state index is -3.48. The maximum Gasteiger partial charge on any atom is 0.177 e. The highest BCUT2D eigenvalue weighted by atomic mass is 32.2. The first kappa shape index (κ1) is 17.9. The molecule has 0 aliphatic heterocycles. The summed E-state index contributed by atoms with van der Waals surface area (Å²) >= 11 is 0. The zero-order valence-electron chi connectivity index (χ0n) is 13.8. The van der Waals surface area contributed by atoms with Crippen molar-refractivity contribution in [2.75, 3.05) is 16.8 Å². The highest BCUT2D eigenvalue weighted by Gasteiger charge is 2.16. The number of Topliss-reactive ketones (excluding diaryl/α,β-unsaturated/α-hetero) is 1. The summed E-state index contributed by atoms with van der Waals surface area (Å²) in [5, 5.41) is 3.08. The van der Waals surface area contributed by atoms with E-state index in [1.165, 1.54) is 6.08 Å². The summed E-state index contributed by atoms with van der Waals surface area (Å²) in [6.07, 6.45) is 3.13. The highest BCUT2D eigenvalue weighted by Crippen LogP contribution is 2.17. The van der Waals surface area contributed by atoms with Crippen LogP contribution >= 0.6 is 0 Å². The fourth-order valence-electron chi connectivity index (χ4n) is 2.22. The molecule has 4 nitrogen and oxygen atoms in total. The molecule has 0 aliphatic rings. The lowest BCUT2D eigenvalue weighted by atomic mass is 10.1. The lowest BCUT2D eigenvalue weighted by Gasteiger charge is -2.07. The van der Waals surface area contributed by atoms with E-state index in [1.54, 1.807) is 36.5 Å². The molecule has 126 valence electrons. The molecule has 0 atom stereocenters. The number of anilines is 1. The van der Waals surface area contributed by atoms with Crippen LogP contribution in [0.3, 0.4) is 0 Å². The van der Waals surface area contributed by atoms with E-state index in [-0.39, 0.29) is 11.5 Å². The molecule has 2 aromatic rings. The monoisotopic (exact) mass is 343 g/mol. The van der Waals surface area contributed by atoms with Crippen LogP contribution in [0.25, 0.3) is 0 Å². The van der Waals surface area contributed by atoms with Crippen LogP contribution in [0.2, 0.25) is 0 Å². The molecule has 0 amide bonds. The Morgan fingerprint density at radius 3 is 2.46 bits per heavy atom. The molecule has 0 heterocycles. The SMILES string of the molecule is Cc1cccc(NC=CCS(=O)(=O)CC(=O)c2ccccc2)c1C. The van der Waals surface area contributed by atoms with Crippen LogP contribution in [0.15, 0.2) is 60.8 Å². The molecule has 0 unspecified atom stereocenters. The van der Waals surface area contributed by atoms with Gasteiger partial charge >= 0.3 is 0 Å². The predicted octanol–water partition coefficient (Wildman–Crippen LogP) is 3.53. The molecule has 0 saturated carbocycles. The molecule has 0 bridgehead atoms. The summed E-state index contributed by atoms with van der Waals surface area (Å²) in [6, 6.07) is 14.3. The Balaban J connectivity index is 1.93. The Kier molecular flexibility index (Phi) is 5.93. The normalized spacial score (nSPS) is 11.6. The zero-order chi connectivity index (χ0) is 17.6. The van der Waals surface area contributed by atoms with Crippen LogP contribution in [0.1, 0.15) is 21.5 Å². The van der Waals surface area contributed by atoms with Crippen LogP contribution in [-0.2, 0) is 9.84 Å². The summed E-state index contributed by atoms with van der Waals surface area (Å²) in [6.45, 7) is 4.02. The number of carbonyl (C=O) groups is 1. The summed E-state index contributed by atoms with van der Waals surface area (Å²) in [7, 11) is -3.48. The molecule has 0 radical (unpaired) electrons. The van der Waals surface area contributed by atoms with E-state index >= 15 is 0 Å². The van der Waals surface area contributed by atoms with Gasteiger partial charge in [-0.05, 0) is 37.2 Å². The number of sulfone groups is 1. The van der Waals surface area contributed by atoms with E-state index in [0.717, 1.165) is 16.8 Å². The van der Waals surface area contributed by atoms with Crippen molar-refractivity contribution >= 4 is 21.3 Å². The van der Waals surface area contributed by atoms with E-state index < -0.39 is 15.6 Å². The second-order valence-corrected chi connectivity index (χ2v) is 7.75. The van der Waals surface area contributed by atoms with E-state index in [4.69, 9.17) is 0 Å². The van der Waals surface area contributed by atoms with Gasteiger partial charge in [0.2, 0.25) is 0 Å². The number of carbonyl (C=O) groups excluding carboxylic acids is 1. The van der Waals surface area contributed by atoms with Crippen molar-refractivity contribution in [2.45, 2.75) is 13.8 Å². The van der Waals surface area contributed by atoms with Crippen LogP contribution < -0.4 is 5.32 Å². The minimum absolute atomic E-state index is 0.177. The molecule has 24 heavy (non-hydrogen) atoms. The second kappa shape index (κ2) is 7.93. The molecule has 0 saturated heterocycles. The number of aryl methyl sites for hydroxylation is 1. The van der Waals surface area contributed by atoms with E-state index in [9.17, 15) is 13.2 Å². The smallest absolute Gasteiger partial charge is 0.177 e. The standard InChI is InChI=1S/C19H21NO3S/c1-15-8-6-11-18(16(15)2)20-12-7-13-24(22,23)14-19(21)17-9-4-3-5-10-17/h3-12,20H,13-14H2,1-2H3. The van der Waals surface area contributed by atoms with Crippen molar-refractivity contribution in [3.8, 4) is 0 Å². The van der Waals surface area contributed by atoms with Crippen LogP contribution in [-0.4, -0.2) is 25.7 Å². The molecular formula is C19H21NO3S. The predicted molar refractivity (Wildman–Crippen MR) is 98.1 cm³/mol. The third-order valence-corrected chi connectivity index (χ3v) is 5.16. The van der Waals surface area contributed by atoms with Gasteiger partial charge in [-0.1, -0.05) is 48.5 Å². The minimum Gasteiger partial charge on any atom is -0.362 e. The van der Waals surface area contributed by atoms with Crippen molar-refractivity contribution in [1.82, 2.24) is 0 Å². The highest BCUT2D eigenvalue weighted by molar-refractivity contribution is 7.92. The Morgan fingerprint density at radius 1 is 1.04 bits per heavy atom. The molecule has 0 spiro atoms. The van der Waals surface area contributed by atoms with Gasteiger partial charge < -0.3 is 5.32 Å². The summed E-state index contributed by atoms with van der Waals surface area (Å²) in [4.78, 5) is 12.0. The number of nitrogens with one attached hydrogen (secondary N) is 1. The van der Waals surface area contributed by atoms with E-state index in [0.29, 0.717) is 5.56 Å². The second-order valence-electron chi connectivity index (χ2n) is 5.64. The third kappa shape index (κ3) is 5.06. The van der Waals surface area contributed by atoms with Crippen molar-refractivity contribution in [3.63, 3.8) is 0 Å². The summed E-state index contributed by atoms with van der Waals surface area (Å²) in [5.74, 6) is -1.04. The Labute approximate surface area is 143 Å². The van der Waals surface area contributed by atoms with Crippen molar-refractivity contribution < 1.29 is 13.2 Å². The van der Waals surface area contributed by atoms with Crippen molar-refractivity contribution in [3.05, 3.63) is 77.5 Å². The third-order valence-electron chi connectivity index (χ3n) is 3.76. The molecule has 0 aromatic heterocycles. The molecular weight excluding hydrogens is 322 g/mol. The Hall–Kier alpha value is -2.40. The van der Waals surface area contributed by atoms with Crippen LogP contribution in [0, 0.1) is 13.8 Å². The van der Waals surface area contributed by atoms with Crippen molar-refractivity contribution in [1.29, 1.82) is 0 Å². The van der Waals surface area contributed by atoms with E-state index in [1.807, 2.05) is 32.0 Å². The maximum absolute atomic E-state index is 12.0. The lowest BCUT2D eigenvalue weighted by Crippen LogP contribution is -2.18. The zero-order valence-corrected chi connectivity index (χ0v) is 14.6. The number of hydrogen-bond donors (Lipinski definition) is 1. The average Bonchev–Trinajstić information content (AvgIpc) is 2.55. The number of rotatable bonds is 7.